The van der Waals surface area contributed by atoms with Crippen LogP contribution in [0.15, 0.2) is 18.2 Å². The molecule has 3 rings (SSSR count). The van der Waals surface area contributed by atoms with Crippen LogP contribution < -0.4 is 5.32 Å². The Morgan fingerprint density at radius 1 is 1.33 bits per heavy atom. The fourth-order valence-corrected chi connectivity index (χ4v) is 3.47. The van der Waals surface area contributed by atoms with Crippen LogP contribution in [0.2, 0.25) is 0 Å². The van der Waals surface area contributed by atoms with Gasteiger partial charge in [0.2, 0.25) is 0 Å². The van der Waals surface area contributed by atoms with Crippen molar-refractivity contribution in [3.8, 4) is 0 Å². The van der Waals surface area contributed by atoms with E-state index in [2.05, 4.69) is 42.3 Å². The molecule has 2 aliphatic rings. The number of rotatable bonds is 2. The van der Waals surface area contributed by atoms with Crippen molar-refractivity contribution in [3.63, 3.8) is 0 Å². The maximum Gasteiger partial charge on any atom is 0.0372 e. The first-order valence-corrected chi connectivity index (χ1v) is 7.32. The fraction of sp³-hybridized carbons (Fsp3) is 0.625. The molecule has 2 unspecified atom stereocenters. The third-order valence-corrected chi connectivity index (χ3v) is 4.41. The zero-order valence-corrected chi connectivity index (χ0v) is 11.6. The maximum absolute atomic E-state index is 3.49. The van der Waals surface area contributed by atoms with Crippen LogP contribution in [0.5, 0.6) is 0 Å². The van der Waals surface area contributed by atoms with Crippen LogP contribution in [0.25, 0.3) is 0 Å². The predicted octanol–water partition coefficient (Wildman–Crippen LogP) is 3.28. The zero-order valence-electron chi connectivity index (χ0n) is 11.6. The molecule has 2 atom stereocenters. The molecular weight excluding hydrogens is 220 g/mol. The number of fused-ring (bicyclic) bond motifs is 1. The molecule has 1 fully saturated rings. The van der Waals surface area contributed by atoms with Gasteiger partial charge in [-0.1, -0.05) is 19.1 Å². The molecule has 2 heterocycles. The van der Waals surface area contributed by atoms with Crippen molar-refractivity contribution >= 4 is 5.69 Å². The average Bonchev–Trinajstić information content (AvgIpc) is 2.68. The lowest BCUT2D eigenvalue weighted by molar-refractivity contribution is 0.256. The monoisotopic (exact) mass is 244 g/mol. The largest absolute Gasteiger partial charge is 0.385 e. The summed E-state index contributed by atoms with van der Waals surface area (Å²) in [7, 11) is 0. The lowest BCUT2D eigenvalue weighted by Gasteiger charge is -2.23. The molecule has 2 aliphatic heterocycles. The van der Waals surface area contributed by atoms with Crippen molar-refractivity contribution < 1.29 is 0 Å². The summed E-state index contributed by atoms with van der Waals surface area (Å²) in [5, 5.41) is 3.49. The Kier molecular flexibility index (Phi) is 3.29. The highest BCUT2D eigenvalue weighted by Gasteiger charge is 2.25. The van der Waals surface area contributed by atoms with Gasteiger partial charge >= 0.3 is 0 Å². The van der Waals surface area contributed by atoms with E-state index < -0.39 is 0 Å². The second kappa shape index (κ2) is 4.93. The van der Waals surface area contributed by atoms with E-state index in [-0.39, 0.29) is 0 Å². The van der Waals surface area contributed by atoms with Crippen LogP contribution in [0, 0.1) is 5.92 Å². The van der Waals surface area contributed by atoms with Gasteiger partial charge in [0.05, 0.1) is 0 Å². The van der Waals surface area contributed by atoms with Gasteiger partial charge in [-0.3, -0.25) is 4.90 Å². The molecular formula is C16H24N2. The van der Waals surface area contributed by atoms with Gasteiger partial charge in [0.25, 0.3) is 0 Å². The number of aryl methyl sites for hydroxylation is 1. The lowest BCUT2D eigenvalue weighted by Crippen LogP contribution is -2.26. The molecule has 0 bridgehead atoms. The predicted molar refractivity (Wildman–Crippen MR) is 76.9 cm³/mol. The van der Waals surface area contributed by atoms with Crippen molar-refractivity contribution in [1.82, 2.24) is 4.90 Å². The van der Waals surface area contributed by atoms with Crippen LogP contribution in [0.3, 0.4) is 0 Å². The zero-order chi connectivity index (χ0) is 12.5. The first kappa shape index (κ1) is 12.0. The van der Waals surface area contributed by atoms with Gasteiger partial charge in [0.15, 0.2) is 0 Å². The highest BCUT2D eigenvalue weighted by molar-refractivity contribution is 5.54. The average molecular weight is 244 g/mol. The Morgan fingerprint density at radius 2 is 2.22 bits per heavy atom. The summed E-state index contributed by atoms with van der Waals surface area (Å²) in [4.78, 5) is 2.63. The van der Waals surface area contributed by atoms with Crippen LogP contribution in [0.4, 0.5) is 5.69 Å². The molecule has 0 amide bonds. The molecule has 2 nitrogen and oxygen atoms in total. The minimum atomic E-state index is 0.745. The van der Waals surface area contributed by atoms with Crippen molar-refractivity contribution in [2.45, 2.75) is 45.7 Å². The number of nitrogens with one attached hydrogen (secondary N) is 1. The van der Waals surface area contributed by atoms with Crippen molar-refractivity contribution in [1.29, 1.82) is 0 Å². The summed E-state index contributed by atoms with van der Waals surface area (Å²) in [5.41, 5.74) is 4.35. The van der Waals surface area contributed by atoms with E-state index in [1.165, 1.54) is 42.6 Å². The smallest absolute Gasteiger partial charge is 0.0372 e. The van der Waals surface area contributed by atoms with Crippen LogP contribution in [-0.4, -0.2) is 24.0 Å². The van der Waals surface area contributed by atoms with E-state index in [9.17, 15) is 0 Å². The van der Waals surface area contributed by atoms with Gasteiger partial charge in [-0.05, 0) is 49.3 Å². The Labute approximate surface area is 110 Å². The third-order valence-electron chi connectivity index (χ3n) is 4.41. The topological polar surface area (TPSA) is 15.3 Å². The molecule has 1 aromatic carbocycles. The molecule has 1 N–H and O–H groups in total. The molecule has 18 heavy (non-hydrogen) atoms. The summed E-state index contributed by atoms with van der Waals surface area (Å²) < 4.78 is 0. The van der Waals surface area contributed by atoms with E-state index in [1.807, 2.05) is 0 Å². The highest BCUT2D eigenvalue weighted by Crippen LogP contribution is 2.27. The van der Waals surface area contributed by atoms with Crippen molar-refractivity contribution in [2.24, 2.45) is 5.92 Å². The Bertz CT molecular complexity index is 427. The molecule has 98 valence electrons. The van der Waals surface area contributed by atoms with E-state index in [1.54, 1.807) is 0 Å². The van der Waals surface area contributed by atoms with Crippen LogP contribution in [-0.2, 0) is 13.0 Å². The number of hydrogen-bond acceptors (Lipinski definition) is 2. The van der Waals surface area contributed by atoms with Crippen LogP contribution in [0.1, 0.15) is 37.8 Å². The normalized spacial score (nSPS) is 27.9. The number of hydrogen-bond donors (Lipinski definition) is 1. The van der Waals surface area contributed by atoms with Gasteiger partial charge < -0.3 is 5.32 Å². The molecule has 2 heteroatoms. The van der Waals surface area contributed by atoms with E-state index in [0.29, 0.717) is 0 Å². The third kappa shape index (κ3) is 2.39. The van der Waals surface area contributed by atoms with E-state index in [0.717, 1.165) is 25.0 Å². The van der Waals surface area contributed by atoms with E-state index >= 15 is 0 Å². The Balaban J connectivity index is 1.73. The summed E-state index contributed by atoms with van der Waals surface area (Å²) in [6.07, 6.45) is 3.86. The molecule has 0 aromatic heterocycles. The minimum Gasteiger partial charge on any atom is -0.385 e. The summed E-state index contributed by atoms with van der Waals surface area (Å²) in [5.74, 6) is 0.860. The van der Waals surface area contributed by atoms with Gasteiger partial charge in [-0.2, -0.15) is 0 Å². The first-order valence-electron chi connectivity index (χ1n) is 7.32. The quantitative estimate of drug-likeness (QED) is 0.859. The van der Waals surface area contributed by atoms with E-state index in [4.69, 9.17) is 0 Å². The van der Waals surface area contributed by atoms with Gasteiger partial charge in [0.1, 0.15) is 0 Å². The lowest BCUT2D eigenvalue weighted by atomic mass is 10.0. The molecule has 0 aliphatic carbocycles. The second-order valence-electron chi connectivity index (χ2n) is 6.14. The first-order chi connectivity index (χ1) is 8.72. The Hall–Kier alpha value is -1.02. The Morgan fingerprint density at radius 3 is 3.00 bits per heavy atom. The summed E-state index contributed by atoms with van der Waals surface area (Å²) in [6, 6.07) is 7.73. The van der Waals surface area contributed by atoms with Gasteiger partial charge in [-0.15, -0.1) is 0 Å². The summed E-state index contributed by atoms with van der Waals surface area (Å²) in [6.45, 7) is 8.25. The summed E-state index contributed by atoms with van der Waals surface area (Å²) >= 11 is 0. The fourth-order valence-electron chi connectivity index (χ4n) is 3.47. The number of benzene rings is 1. The number of nitrogens with zero attached hydrogens (tertiary/aromatic N) is 1. The van der Waals surface area contributed by atoms with Crippen molar-refractivity contribution in [3.05, 3.63) is 29.3 Å². The minimum absolute atomic E-state index is 0.745. The maximum atomic E-state index is 3.49. The molecule has 1 aromatic rings. The van der Waals surface area contributed by atoms with Crippen LogP contribution >= 0.6 is 0 Å². The van der Waals surface area contributed by atoms with Gasteiger partial charge in [-0.25, -0.2) is 0 Å². The van der Waals surface area contributed by atoms with Crippen molar-refractivity contribution in [2.75, 3.05) is 18.4 Å². The highest BCUT2D eigenvalue weighted by atomic mass is 15.2. The number of anilines is 1. The second-order valence-corrected chi connectivity index (χ2v) is 6.14. The number of likely N-dealkylation sites (tertiary alicyclic amines) is 1. The molecule has 0 saturated carbocycles. The molecule has 0 radical (unpaired) electrons. The molecule has 1 saturated heterocycles. The van der Waals surface area contributed by atoms with Gasteiger partial charge in [0, 0.05) is 31.4 Å². The molecule has 0 spiro atoms. The SMILES string of the molecule is CC1CC(C)N(Cc2ccc3c(c2)CCCN3)C1. The standard InChI is InChI=1S/C16H24N2/c1-12-8-13(2)18(10-12)11-14-5-6-16-15(9-14)4-3-7-17-16/h5-6,9,12-13,17H,3-4,7-8,10-11H2,1-2H3.